The van der Waals surface area contributed by atoms with Crippen LogP contribution in [0.1, 0.15) is 20.3 Å². The Morgan fingerprint density at radius 2 is 2.06 bits per heavy atom. The quantitative estimate of drug-likeness (QED) is 0.688. The minimum absolute atomic E-state index is 0.529. The number of rotatable bonds is 2. The first-order valence-corrected chi connectivity index (χ1v) is 4.96. The number of hydrogen-bond acceptors (Lipinski definition) is 1. The molecule has 0 fully saturated rings. The van der Waals surface area contributed by atoms with Gasteiger partial charge in [0.1, 0.15) is 0 Å². The van der Waals surface area contributed by atoms with E-state index in [2.05, 4.69) is 6.58 Å². The third-order valence-electron chi connectivity index (χ3n) is 2.31. The summed E-state index contributed by atoms with van der Waals surface area (Å²) in [5, 5.41) is 0. The van der Waals surface area contributed by atoms with Crippen LogP contribution in [-0.4, -0.2) is 11.1 Å². The van der Waals surface area contributed by atoms with Crippen molar-refractivity contribution in [2.75, 3.05) is 0 Å². The van der Waals surface area contributed by atoms with Gasteiger partial charge in [-0.2, -0.15) is 13.2 Å². The van der Waals surface area contributed by atoms with Gasteiger partial charge in [0.25, 0.3) is 0 Å². The predicted molar refractivity (Wildman–Crippen MR) is 58.3 cm³/mol. The van der Waals surface area contributed by atoms with E-state index in [9.17, 15) is 13.2 Å². The van der Waals surface area contributed by atoms with Crippen LogP contribution in [0.4, 0.5) is 13.2 Å². The molecule has 0 aromatic rings. The summed E-state index contributed by atoms with van der Waals surface area (Å²) in [6.45, 7) is 7.50. The predicted octanol–water partition coefficient (Wildman–Crippen LogP) is 4.13. The zero-order chi connectivity index (χ0) is 12.3. The average Bonchev–Trinajstić information content (AvgIpc) is 2.19. The summed E-state index contributed by atoms with van der Waals surface area (Å²) in [7, 11) is 0. The van der Waals surface area contributed by atoms with Crippen LogP contribution < -0.4 is 0 Å². The lowest BCUT2D eigenvalue weighted by Gasteiger charge is -2.23. The molecule has 0 unspecified atom stereocenters. The van der Waals surface area contributed by atoms with E-state index in [0.29, 0.717) is 5.70 Å². The fraction of sp³-hybridized carbons (Fsp3) is 0.333. The molecule has 0 saturated carbocycles. The molecule has 1 rings (SSSR count). The molecule has 0 saturated heterocycles. The van der Waals surface area contributed by atoms with Crippen LogP contribution >= 0.6 is 0 Å². The lowest BCUT2D eigenvalue weighted by molar-refractivity contribution is -0.0891. The van der Waals surface area contributed by atoms with Gasteiger partial charge in [0.15, 0.2) is 0 Å². The number of nitrogens with zero attached hydrogens (tertiary/aromatic N) is 1. The number of allylic oxidation sites excluding steroid dienone is 4. The van der Waals surface area contributed by atoms with Gasteiger partial charge in [-0.3, -0.25) is 0 Å². The van der Waals surface area contributed by atoms with Crippen molar-refractivity contribution in [2.24, 2.45) is 0 Å². The smallest absolute Gasteiger partial charge is 0.324 e. The van der Waals surface area contributed by atoms with E-state index in [1.54, 1.807) is 6.20 Å². The highest BCUT2D eigenvalue weighted by Crippen LogP contribution is 2.30. The molecule has 1 aliphatic heterocycles. The van der Waals surface area contributed by atoms with Crippen LogP contribution in [0.2, 0.25) is 0 Å². The van der Waals surface area contributed by atoms with Gasteiger partial charge in [-0.05, 0) is 25.5 Å². The van der Waals surface area contributed by atoms with Crippen molar-refractivity contribution in [1.82, 2.24) is 4.90 Å². The van der Waals surface area contributed by atoms with Crippen molar-refractivity contribution in [3.63, 3.8) is 0 Å². The fourth-order valence-electron chi connectivity index (χ4n) is 1.16. The molecule has 1 heterocycles. The molecule has 16 heavy (non-hydrogen) atoms. The van der Waals surface area contributed by atoms with Gasteiger partial charge < -0.3 is 4.90 Å². The lowest BCUT2D eigenvalue weighted by atomic mass is 10.1. The van der Waals surface area contributed by atoms with Crippen molar-refractivity contribution in [2.45, 2.75) is 26.4 Å². The minimum atomic E-state index is -4.32. The van der Waals surface area contributed by atoms with Gasteiger partial charge in [0.05, 0.1) is 5.57 Å². The third-order valence-corrected chi connectivity index (χ3v) is 2.31. The molecule has 0 amide bonds. The van der Waals surface area contributed by atoms with Gasteiger partial charge in [0.2, 0.25) is 0 Å². The number of halogens is 3. The van der Waals surface area contributed by atoms with E-state index in [4.69, 9.17) is 0 Å². The van der Waals surface area contributed by atoms with Gasteiger partial charge in [-0.15, -0.1) is 0 Å². The number of hydrogen-bond donors (Lipinski definition) is 0. The summed E-state index contributed by atoms with van der Waals surface area (Å²) >= 11 is 0. The minimum Gasteiger partial charge on any atom is -0.324 e. The zero-order valence-electron chi connectivity index (χ0n) is 9.30. The van der Waals surface area contributed by atoms with Crippen LogP contribution in [0.3, 0.4) is 0 Å². The van der Waals surface area contributed by atoms with Gasteiger partial charge in [-0.1, -0.05) is 19.1 Å². The molecular formula is C12H14F3N. The van der Waals surface area contributed by atoms with E-state index in [1.807, 2.05) is 13.8 Å². The molecule has 0 N–H and O–H groups in total. The molecule has 1 aliphatic rings. The zero-order valence-corrected chi connectivity index (χ0v) is 9.30. The largest absolute Gasteiger partial charge is 0.417 e. The Morgan fingerprint density at radius 3 is 2.56 bits per heavy atom. The Labute approximate surface area is 93.2 Å². The standard InChI is InChI=1S/C12H14F3N/c1-4-9(2)7-16-8-11(12(13,14)15)6-5-10(16)3/h5-8H,3-4H2,1-2H3/b9-7-. The van der Waals surface area contributed by atoms with Crippen molar-refractivity contribution >= 4 is 0 Å². The number of alkyl halides is 3. The molecule has 0 aromatic carbocycles. The van der Waals surface area contributed by atoms with Gasteiger partial charge in [-0.25, -0.2) is 0 Å². The summed E-state index contributed by atoms with van der Waals surface area (Å²) < 4.78 is 37.4. The van der Waals surface area contributed by atoms with Crippen LogP contribution in [0.5, 0.6) is 0 Å². The van der Waals surface area contributed by atoms with Crippen molar-refractivity contribution in [3.05, 3.63) is 48.0 Å². The Bertz CT molecular complexity index is 372. The average molecular weight is 229 g/mol. The maximum Gasteiger partial charge on any atom is 0.417 e. The first-order valence-electron chi connectivity index (χ1n) is 4.96. The summed E-state index contributed by atoms with van der Waals surface area (Å²) in [5.41, 5.74) is 0.857. The van der Waals surface area contributed by atoms with Crippen LogP contribution in [0.15, 0.2) is 48.0 Å². The van der Waals surface area contributed by atoms with E-state index in [1.165, 1.54) is 11.0 Å². The van der Waals surface area contributed by atoms with Gasteiger partial charge in [0, 0.05) is 18.1 Å². The Morgan fingerprint density at radius 1 is 1.44 bits per heavy atom. The Hall–Kier alpha value is -1.45. The van der Waals surface area contributed by atoms with E-state index >= 15 is 0 Å². The topological polar surface area (TPSA) is 3.24 Å². The second-order valence-corrected chi connectivity index (χ2v) is 3.64. The van der Waals surface area contributed by atoms with Crippen LogP contribution in [-0.2, 0) is 0 Å². The van der Waals surface area contributed by atoms with E-state index in [0.717, 1.165) is 24.3 Å². The third kappa shape index (κ3) is 3.02. The maximum absolute atomic E-state index is 12.5. The molecule has 4 heteroatoms. The molecule has 0 aromatic heterocycles. The van der Waals surface area contributed by atoms with E-state index in [-0.39, 0.29) is 0 Å². The summed E-state index contributed by atoms with van der Waals surface area (Å²) in [4.78, 5) is 1.40. The lowest BCUT2D eigenvalue weighted by Crippen LogP contribution is -2.19. The van der Waals surface area contributed by atoms with Crippen molar-refractivity contribution in [1.29, 1.82) is 0 Å². The Kier molecular flexibility index (Phi) is 3.62. The highest BCUT2D eigenvalue weighted by atomic mass is 19.4. The van der Waals surface area contributed by atoms with Crippen molar-refractivity contribution < 1.29 is 13.2 Å². The normalized spacial score (nSPS) is 17.8. The van der Waals surface area contributed by atoms with Gasteiger partial charge >= 0.3 is 6.18 Å². The first-order chi connectivity index (χ1) is 7.34. The molecule has 0 radical (unpaired) electrons. The van der Waals surface area contributed by atoms with Crippen LogP contribution in [0, 0.1) is 0 Å². The summed E-state index contributed by atoms with van der Waals surface area (Å²) in [6, 6.07) is 0. The second-order valence-electron chi connectivity index (χ2n) is 3.64. The molecule has 88 valence electrons. The first kappa shape index (κ1) is 12.6. The molecule has 0 bridgehead atoms. The van der Waals surface area contributed by atoms with Crippen molar-refractivity contribution in [3.8, 4) is 0 Å². The highest BCUT2D eigenvalue weighted by molar-refractivity contribution is 5.36. The monoisotopic (exact) mass is 229 g/mol. The van der Waals surface area contributed by atoms with Crippen LogP contribution in [0.25, 0.3) is 0 Å². The second kappa shape index (κ2) is 4.60. The molecule has 0 aliphatic carbocycles. The molecule has 1 nitrogen and oxygen atoms in total. The van der Waals surface area contributed by atoms with E-state index < -0.39 is 11.7 Å². The highest BCUT2D eigenvalue weighted by Gasteiger charge is 2.33. The Balaban J connectivity index is 2.98. The summed E-state index contributed by atoms with van der Waals surface area (Å²) in [6.07, 6.45) is 1.60. The molecule has 0 spiro atoms. The maximum atomic E-state index is 12.5. The molecule has 0 atom stereocenters. The fourth-order valence-corrected chi connectivity index (χ4v) is 1.16. The SMILES string of the molecule is C=C1C=CC(C(F)(F)F)=CN1/C=C(/C)CC. The molecular weight excluding hydrogens is 215 g/mol. The summed E-state index contributed by atoms with van der Waals surface area (Å²) in [5.74, 6) is 0.